The Bertz CT molecular complexity index is 1790. The molecule has 2 aromatic heterocycles. The highest BCUT2D eigenvalue weighted by Gasteiger charge is 2.17. The number of hydrogen-bond acceptors (Lipinski definition) is 7. The summed E-state index contributed by atoms with van der Waals surface area (Å²) >= 11 is 5.84. The summed E-state index contributed by atoms with van der Waals surface area (Å²) in [6, 6.07) is 17.8. The van der Waals surface area contributed by atoms with Gasteiger partial charge < -0.3 is 23.5 Å². The van der Waals surface area contributed by atoms with Crippen LogP contribution in [0.4, 0.5) is 8.78 Å². The molecule has 8 nitrogen and oxygen atoms in total. The second kappa shape index (κ2) is 13.2. The molecule has 0 fully saturated rings. The third-order valence-electron chi connectivity index (χ3n) is 6.89. The fraction of sp³-hybridized carbons (Fsp3) is 0.219. The van der Waals surface area contributed by atoms with Crippen LogP contribution in [0.15, 0.2) is 66.7 Å². The van der Waals surface area contributed by atoms with Crippen LogP contribution >= 0.6 is 11.6 Å². The zero-order valence-corrected chi connectivity index (χ0v) is 24.5. The first kappa shape index (κ1) is 29.9. The highest BCUT2D eigenvalue weighted by atomic mass is 35.5. The van der Waals surface area contributed by atoms with Crippen molar-refractivity contribution in [2.45, 2.75) is 19.6 Å². The van der Waals surface area contributed by atoms with Crippen molar-refractivity contribution in [2.24, 2.45) is 0 Å². The monoisotopic (exact) mass is 607 g/mol. The number of benzene rings is 3. The van der Waals surface area contributed by atoms with Crippen LogP contribution in [0.5, 0.6) is 11.6 Å². The van der Waals surface area contributed by atoms with Gasteiger partial charge in [-0.2, -0.15) is 0 Å². The topological polar surface area (TPSA) is 84.7 Å². The van der Waals surface area contributed by atoms with Gasteiger partial charge in [-0.1, -0.05) is 29.8 Å². The molecule has 0 aliphatic rings. The van der Waals surface area contributed by atoms with Crippen molar-refractivity contribution in [3.63, 3.8) is 0 Å². The summed E-state index contributed by atoms with van der Waals surface area (Å²) in [5.74, 6) is -0.168. The molecule has 0 unspecified atom stereocenters. The van der Waals surface area contributed by atoms with E-state index in [1.165, 1.54) is 32.4 Å². The number of carbonyl (C=O) groups excluding carboxylic acids is 1. The number of carbonyl (C=O) groups is 1. The summed E-state index contributed by atoms with van der Waals surface area (Å²) < 4.78 is 52.5. The number of imidazole rings is 1. The summed E-state index contributed by atoms with van der Waals surface area (Å²) in [5.41, 5.74) is 3.76. The standard InChI is InChI=1S/C32H28ClF2N3O5/c1-40-12-11-38-28-15-21(32(39)42-3)9-10-27(28)36-30(38)16-19-7-8-20(13-24(19)34)26-5-4-6-31(37-26)43-18-22-14-25(35)23(33)17-29(22)41-2/h4-10,13-15,17H,11-12,16,18H2,1-3H3. The van der Waals surface area contributed by atoms with E-state index in [9.17, 15) is 9.18 Å². The highest BCUT2D eigenvalue weighted by Crippen LogP contribution is 2.29. The van der Waals surface area contributed by atoms with Gasteiger partial charge in [0.15, 0.2) is 0 Å². The smallest absolute Gasteiger partial charge is 0.337 e. The van der Waals surface area contributed by atoms with Crippen LogP contribution in [0.25, 0.3) is 22.3 Å². The van der Waals surface area contributed by atoms with Crippen LogP contribution in [0.2, 0.25) is 5.02 Å². The van der Waals surface area contributed by atoms with Crippen molar-refractivity contribution in [1.29, 1.82) is 0 Å². The Morgan fingerprint density at radius 1 is 0.930 bits per heavy atom. The van der Waals surface area contributed by atoms with Gasteiger partial charge in [0.1, 0.15) is 29.8 Å². The van der Waals surface area contributed by atoms with E-state index in [1.807, 2.05) is 4.57 Å². The zero-order chi connectivity index (χ0) is 30.5. The van der Waals surface area contributed by atoms with E-state index >= 15 is 4.39 Å². The molecule has 0 N–H and O–H groups in total. The molecule has 5 rings (SSSR count). The van der Waals surface area contributed by atoms with Crippen LogP contribution in [-0.2, 0) is 29.0 Å². The molecule has 0 amide bonds. The molecule has 11 heteroatoms. The fourth-order valence-electron chi connectivity index (χ4n) is 4.69. The van der Waals surface area contributed by atoms with Crippen molar-refractivity contribution in [1.82, 2.24) is 14.5 Å². The molecule has 3 aromatic carbocycles. The number of aromatic nitrogens is 3. The van der Waals surface area contributed by atoms with Gasteiger partial charge in [0.05, 0.1) is 48.1 Å². The number of rotatable bonds is 11. The predicted octanol–water partition coefficient (Wildman–Crippen LogP) is 6.64. The molecule has 0 saturated heterocycles. The highest BCUT2D eigenvalue weighted by molar-refractivity contribution is 6.30. The van der Waals surface area contributed by atoms with Crippen LogP contribution in [0, 0.1) is 11.6 Å². The van der Waals surface area contributed by atoms with Crippen molar-refractivity contribution in [3.8, 4) is 22.9 Å². The van der Waals surface area contributed by atoms with Gasteiger partial charge in [0, 0.05) is 43.3 Å². The number of ether oxygens (including phenoxy) is 4. The number of pyridine rings is 1. The lowest BCUT2D eigenvalue weighted by molar-refractivity contribution is 0.0601. The van der Waals surface area contributed by atoms with Crippen molar-refractivity contribution >= 4 is 28.6 Å². The Balaban J connectivity index is 1.37. The molecule has 0 spiro atoms. The van der Waals surface area contributed by atoms with E-state index in [-0.39, 0.29) is 23.9 Å². The molecular weight excluding hydrogens is 580 g/mol. The SMILES string of the molecule is COCCn1c(Cc2ccc(-c3cccc(OCc4cc(F)c(Cl)cc4OC)n3)cc2F)nc2ccc(C(=O)OC)cc21. The van der Waals surface area contributed by atoms with Gasteiger partial charge in [-0.05, 0) is 42.0 Å². The number of methoxy groups -OCH3 is 3. The molecule has 2 heterocycles. The number of halogens is 3. The summed E-state index contributed by atoms with van der Waals surface area (Å²) in [7, 11) is 4.38. The van der Waals surface area contributed by atoms with Gasteiger partial charge in [-0.25, -0.2) is 23.5 Å². The van der Waals surface area contributed by atoms with Gasteiger partial charge in [-0.15, -0.1) is 0 Å². The zero-order valence-electron chi connectivity index (χ0n) is 23.7. The lowest BCUT2D eigenvalue weighted by atomic mass is 10.1. The van der Waals surface area contributed by atoms with Crippen LogP contribution in [-0.4, -0.2) is 48.4 Å². The minimum absolute atomic E-state index is 0.00773. The van der Waals surface area contributed by atoms with Crippen LogP contribution < -0.4 is 9.47 Å². The minimum atomic E-state index is -0.585. The van der Waals surface area contributed by atoms with Gasteiger partial charge in [0.2, 0.25) is 5.88 Å². The second-order valence-corrected chi connectivity index (χ2v) is 9.99. The maximum absolute atomic E-state index is 15.5. The van der Waals surface area contributed by atoms with E-state index in [4.69, 9.17) is 35.5 Å². The molecule has 5 aromatic rings. The molecule has 0 aliphatic carbocycles. The molecule has 43 heavy (non-hydrogen) atoms. The first-order valence-corrected chi connectivity index (χ1v) is 13.7. The molecule has 0 atom stereocenters. The van der Waals surface area contributed by atoms with E-state index < -0.39 is 17.6 Å². The molecular formula is C32H28ClF2N3O5. The Morgan fingerprint density at radius 2 is 1.77 bits per heavy atom. The number of hydrogen-bond donors (Lipinski definition) is 0. The van der Waals surface area contributed by atoms with E-state index in [0.717, 1.165) is 5.52 Å². The average Bonchev–Trinajstić information content (AvgIpc) is 3.36. The summed E-state index contributed by atoms with van der Waals surface area (Å²) in [6.45, 7) is 0.871. The summed E-state index contributed by atoms with van der Waals surface area (Å²) in [5, 5.41) is -0.0499. The Kier molecular flexibility index (Phi) is 9.18. The summed E-state index contributed by atoms with van der Waals surface area (Å²) in [6.07, 6.45) is 0.216. The van der Waals surface area contributed by atoms with Gasteiger partial charge >= 0.3 is 5.97 Å². The first-order chi connectivity index (χ1) is 20.8. The van der Waals surface area contributed by atoms with Crippen molar-refractivity contribution in [2.75, 3.05) is 27.9 Å². The molecule has 0 bridgehead atoms. The number of nitrogens with zero attached hydrogens (tertiary/aromatic N) is 3. The van der Waals surface area contributed by atoms with E-state index in [1.54, 1.807) is 55.6 Å². The first-order valence-electron chi connectivity index (χ1n) is 13.3. The lowest BCUT2D eigenvalue weighted by Gasteiger charge is -2.12. The van der Waals surface area contributed by atoms with Gasteiger partial charge in [0.25, 0.3) is 0 Å². The Hall–Kier alpha value is -4.54. The van der Waals surface area contributed by atoms with Crippen LogP contribution in [0.3, 0.4) is 0 Å². The fourth-order valence-corrected chi connectivity index (χ4v) is 4.84. The van der Waals surface area contributed by atoms with Crippen molar-refractivity contribution < 1.29 is 32.5 Å². The van der Waals surface area contributed by atoms with E-state index in [0.29, 0.717) is 58.2 Å². The Morgan fingerprint density at radius 3 is 2.51 bits per heavy atom. The minimum Gasteiger partial charge on any atom is -0.496 e. The number of esters is 1. The third kappa shape index (κ3) is 6.60. The van der Waals surface area contributed by atoms with Crippen molar-refractivity contribution in [3.05, 3.63) is 106 Å². The number of fused-ring (bicyclic) bond motifs is 1. The lowest BCUT2D eigenvalue weighted by Crippen LogP contribution is -2.10. The third-order valence-corrected chi connectivity index (χ3v) is 7.18. The summed E-state index contributed by atoms with van der Waals surface area (Å²) in [4.78, 5) is 21.3. The van der Waals surface area contributed by atoms with Crippen LogP contribution in [0.1, 0.15) is 27.3 Å². The molecule has 0 saturated carbocycles. The molecule has 0 radical (unpaired) electrons. The maximum Gasteiger partial charge on any atom is 0.337 e. The van der Waals surface area contributed by atoms with Gasteiger partial charge in [-0.3, -0.25) is 0 Å². The Labute approximate surface area is 251 Å². The molecule has 0 aliphatic heterocycles. The van der Waals surface area contributed by atoms with E-state index in [2.05, 4.69) is 4.98 Å². The largest absolute Gasteiger partial charge is 0.496 e. The second-order valence-electron chi connectivity index (χ2n) is 9.58. The average molecular weight is 608 g/mol. The normalized spacial score (nSPS) is 11.1. The maximum atomic E-state index is 15.5. The quantitative estimate of drug-likeness (QED) is 0.156. The molecule has 222 valence electrons. The predicted molar refractivity (Wildman–Crippen MR) is 158 cm³/mol.